The molecule has 1 aliphatic rings. The van der Waals surface area contributed by atoms with Gasteiger partial charge in [0.2, 0.25) is 0 Å². The lowest BCUT2D eigenvalue weighted by Crippen LogP contribution is -2.56. The van der Waals surface area contributed by atoms with Crippen molar-refractivity contribution >= 4 is 0 Å². The van der Waals surface area contributed by atoms with Gasteiger partial charge in [-0.3, -0.25) is 0 Å². The first-order valence-electron chi connectivity index (χ1n) is 5.77. The van der Waals surface area contributed by atoms with Crippen molar-refractivity contribution in [2.75, 3.05) is 19.8 Å². The summed E-state index contributed by atoms with van der Waals surface area (Å²) >= 11 is 0. The van der Waals surface area contributed by atoms with Crippen molar-refractivity contribution in [1.29, 1.82) is 0 Å². The summed E-state index contributed by atoms with van der Waals surface area (Å²) in [5.74, 6) is 0.267. The molecule has 0 aromatic rings. The Kier molecular flexibility index (Phi) is 7.87. The van der Waals surface area contributed by atoms with Gasteiger partial charge in [-0.1, -0.05) is 6.92 Å². The van der Waals surface area contributed by atoms with Gasteiger partial charge in [-0.15, -0.1) is 0 Å². The second-order valence-corrected chi connectivity index (χ2v) is 4.16. The predicted molar refractivity (Wildman–Crippen MR) is 61.9 cm³/mol. The number of ether oxygens (including phenoxy) is 1. The zero-order valence-corrected chi connectivity index (χ0v) is 10.3. The van der Waals surface area contributed by atoms with Gasteiger partial charge in [0.1, 0.15) is 0 Å². The summed E-state index contributed by atoms with van der Waals surface area (Å²) < 4.78 is 5.51. The molecule has 5 atom stereocenters. The number of rotatable bonds is 2. The first-order valence-corrected chi connectivity index (χ1v) is 5.77. The van der Waals surface area contributed by atoms with E-state index in [2.05, 4.69) is 0 Å². The van der Waals surface area contributed by atoms with E-state index < -0.39 is 0 Å². The lowest BCUT2D eigenvalue weighted by molar-refractivity contribution is -0.131. The summed E-state index contributed by atoms with van der Waals surface area (Å²) in [7, 11) is 0. The summed E-state index contributed by atoms with van der Waals surface area (Å²) in [6.45, 7) is 5.88. The van der Waals surface area contributed by atoms with Crippen molar-refractivity contribution in [1.82, 2.24) is 0 Å². The van der Waals surface area contributed by atoms with Gasteiger partial charge in [0.25, 0.3) is 0 Å². The fourth-order valence-corrected chi connectivity index (χ4v) is 1.92. The normalized spacial score (nSPS) is 38.8. The molecule has 1 rings (SSSR count). The molecule has 0 saturated carbocycles. The smallest absolute Gasteiger partial charge is 0.0963 e. The second kappa shape index (κ2) is 7.97. The molecule has 1 saturated heterocycles. The van der Waals surface area contributed by atoms with Gasteiger partial charge in [0.05, 0.1) is 18.8 Å². The fourth-order valence-electron chi connectivity index (χ4n) is 1.92. The van der Waals surface area contributed by atoms with Crippen LogP contribution in [0.2, 0.25) is 0 Å². The maximum Gasteiger partial charge on any atom is 0.0963 e. The number of hydrogen-bond acceptors (Lipinski definition) is 5. The van der Waals surface area contributed by atoms with E-state index in [1.54, 1.807) is 6.92 Å². The summed E-state index contributed by atoms with van der Waals surface area (Å²) in [4.78, 5) is 0. The van der Waals surface area contributed by atoms with Gasteiger partial charge in [0, 0.05) is 25.2 Å². The molecule has 5 heteroatoms. The molecule has 98 valence electrons. The number of nitrogens with two attached hydrogens (primary N) is 1. The van der Waals surface area contributed by atoms with Gasteiger partial charge < -0.3 is 25.8 Å². The Morgan fingerprint density at radius 1 is 1.12 bits per heavy atom. The largest absolute Gasteiger partial charge is 0.397 e. The van der Waals surface area contributed by atoms with Crippen LogP contribution in [0.15, 0.2) is 0 Å². The Morgan fingerprint density at radius 3 is 2.00 bits per heavy atom. The van der Waals surface area contributed by atoms with Crippen molar-refractivity contribution < 1.29 is 20.1 Å². The van der Waals surface area contributed by atoms with Crippen LogP contribution in [0.4, 0.5) is 0 Å². The van der Waals surface area contributed by atoms with Gasteiger partial charge in [-0.25, -0.2) is 0 Å². The van der Waals surface area contributed by atoms with Crippen molar-refractivity contribution in [3.8, 4) is 0 Å². The molecule has 1 aliphatic heterocycles. The van der Waals surface area contributed by atoms with Crippen molar-refractivity contribution in [3.05, 3.63) is 0 Å². The highest BCUT2D eigenvalue weighted by Crippen LogP contribution is 2.29. The Morgan fingerprint density at radius 2 is 1.62 bits per heavy atom. The number of hydrogen-bond donors (Lipinski definition) is 4. The molecule has 0 bridgehead atoms. The molecule has 5 N–H and O–H groups in total. The van der Waals surface area contributed by atoms with Crippen molar-refractivity contribution in [2.45, 2.75) is 39.0 Å². The van der Waals surface area contributed by atoms with Crippen LogP contribution in [0, 0.1) is 11.8 Å². The minimum Gasteiger partial charge on any atom is -0.397 e. The molecular formula is C11H25NO4. The molecular weight excluding hydrogens is 210 g/mol. The van der Waals surface area contributed by atoms with Gasteiger partial charge >= 0.3 is 0 Å². The van der Waals surface area contributed by atoms with E-state index in [0.29, 0.717) is 0 Å². The molecule has 2 unspecified atom stereocenters. The number of aliphatic hydroxyl groups excluding tert-OH is 3. The second-order valence-electron chi connectivity index (χ2n) is 4.16. The predicted octanol–water partition coefficient (Wildman–Crippen LogP) is -0.663. The van der Waals surface area contributed by atoms with Gasteiger partial charge in [-0.05, 0) is 19.8 Å². The molecule has 0 amide bonds. The third-order valence-corrected chi connectivity index (χ3v) is 3.12. The van der Waals surface area contributed by atoms with E-state index in [0.717, 1.165) is 0 Å². The van der Waals surface area contributed by atoms with E-state index in [1.807, 2.05) is 13.8 Å². The molecule has 1 fully saturated rings. The van der Waals surface area contributed by atoms with E-state index in [-0.39, 0.29) is 49.9 Å². The Balaban J connectivity index is 0.000000673. The highest BCUT2D eigenvalue weighted by atomic mass is 16.5. The first kappa shape index (κ1) is 15.8. The lowest BCUT2D eigenvalue weighted by Gasteiger charge is -2.42. The average molecular weight is 235 g/mol. The third-order valence-electron chi connectivity index (χ3n) is 3.12. The molecule has 5 nitrogen and oxygen atoms in total. The molecule has 0 aromatic heterocycles. The van der Waals surface area contributed by atoms with Crippen molar-refractivity contribution in [3.63, 3.8) is 0 Å². The van der Waals surface area contributed by atoms with E-state index >= 15 is 0 Å². The van der Waals surface area contributed by atoms with Crippen LogP contribution in [0.5, 0.6) is 0 Å². The molecule has 0 radical (unpaired) electrons. The SMILES string of the molecule is CC1O[C@@H](CO)C(N)[C@H](CO)[C@@H]1C.CCO. The zero-order chi connectivity index (χ0) is 12.7. The molecule has 1 heterocycles. The van der Waals surface area contributed by atoms with E-state index in [1.165, 1.54) is 0 Å². The third kappa shape index (κ3) is 3.99. The average Bonchev–Trinajstić information content (AvgIpc) is 2.25. The Labute approximate surface area is 97.2 Å². The maximum absolute atomic E-state index is 9.15. The highest BCUT2D eigenvalue weighted by Gasteiger charge is 2.39. The van der Waals surface area contributed by atoms with Crippen LogP contribution in [0.3, 0.4) is 0 Å². The van der Waals surface area contributed by atoms with Crippen LogP contribution in [0.1, 0.15) is 20.8 Å². The standard InChI is InChI=1S/C9H19NO3.C2H6O/c1-5-6(2)13-8(4-12)9(10)7(5)3-11;1-2-3/h5-9,11-12H,3-4,10H2,1-2H3;3H,2H2,1H3/t5-,6?,7-,8+,9?;/m1./s1. The molecule has 16 heavy (non-hydrogen) atoms. The topological polar surface area (TPSA) is 95.9 Å². The minimum absolute atomic E-state index is 0.0286. The molecule has 0 spiro atoms. The van der Waals surface area contributed by atoms with Crippen LogP contribution in [-0.4, -0.2) is 53.4 Å². The summed E-state index contributed by atoms with van der Waals surface area (Å²) in [6.07, 6.45) is -0.280. The maximum atomic E-state index is 9.15. The van der Waals surface area contributed by atoms with Crippen LogP contribution < -0.4 is 5.73 Å². The van der Waals surface area contributed by atoms with Gasteiger partial charge in [0.15, 0.2) is 0 Å². The first-order chi connectivity index (χ1) is 7.53. The van der Waals surface area contributed by atoms with Crippen LogP contribution in [-0.2, 0) is 4.74 Å². The minimum atomic E-state index is -0.330. The van der Waals surface area contributed by atoms with Crippen LogP contribution in [0.25, 0.3) is 0 Å². The monoisotopic (exact) mass is 235 g/mol. The molecule has 0 aliphatic carbocycles. The Hall–Kier alpha value is -0.200. The highest BCUT2D eigenvalue weighted by molar-refractivity contribution is 4.90. The Bertz CT molecular complexity index is 179. The molecule has 0 aromatic carbocycles. The van der Waals surface area contributed by atoms with E-state index in [4.69, 9.17) is 25.8 Å². The summed E-state index contributed by atoms with van der Waals surface area (Å²) in [5, 5.41) is 25.7. The summed E-state index contributed by atoms with van der Waals surface area (Å²) in [5.41, 5.74) is 5.85. The lowest BCUT2D eigenvalue weighted by atomic mass is 9.80. The van der Waals surface area contributed by atoms with Gasteiger partial charge in [-0.2, -0.15) is 0 Å². The fraction of sp³-hybridized carbons (Fsp3) is 1.00. The quantitative estimate of drug-likeness (QED) is 0.509. The number of aliphatic hydroxyl groups is 3. The van der Waals surface area contributed by atoms with Crippen molar-refractivity contribution in [2.24, 2.45) is 17.6 Å². The van der Waals surface area contributed by atoms with E-state index in [9.17, 15) is 0 Å². The zero-order valence-electron chi connectivity index (χ0n) is 10.3. The summed E-state index contributed by atoms with van der Waals surface area (Å²) in [6, 6.07) is -0.263. The van der Waals surface area contributed by atoms with Crippen LogP contribution >= 0.6 is 0 Å².